The van der Waals surface area contributed by atoms with Crippen LogP contribution in [0.1, 0.15) is 126 Å². The van der Waals surface area contributed by atoms with E-state index in [1.807, 2.05) is 0 Å². The fraction of sp³-hybridized carbons (Fsp3) is 0.304. The molecular weight excluding hydrogens is 882 g/mol. The molecule has 2 saturated carbocycles. The number of fused-ring (bicyclic) bond motifs is 10. The van der Waals surface area contributed by atoms with Crippen molar-refractivity contribution >= 4 is 62.9 Å². The van der Waals surface area contributed by atoms with E-state index in [4.69, 9.17) is 0 Å². The Bertz CT molecular complexity index is 3560. The number of hydrogen-bond acceptors (Lipinski definition) is 3. The molecule has 0 radical (unpaired) electrons. The molecule has 2 fully saturated rings. The Labute approximate surface area is 435 Å². The topological polar surface area (TPSA) is 9.72 Å². The summed E-state index contributed by atoms with van der Waals surface area (Å²) in [5, 5.41) is 0. The van der Waals surface area contributed by atoms with Gasteiger partial charge in [0.15, 0.2) is 0 Å². The zero-order valence-corrected chi connectivity index (χ0v) is 44.2. The van der Waals surface area contributed by atoms with Crippen LogP contribution in [-0.2, 0) is 16.2 Å². The Morgan fingerprint density at radius 3 is 1.82 bits per heavy atom. The first-order chi connectivity index (χ1) is 35.2. The van der Waals surface area contributed by atoms with Crippen LogP contribution < -0.4 is 31.1 Å². The average molecular weight is 950 g/mol. The highest BCUT2D eigenvalue weighted by molar-refractivity contribution is 7.00. The molecule has 14 rings (SSSR count). The standard InChI is InChI=1S/C69H68BN3/c1-45-37-46(2)62-59(38-45)72(67(7)34-19-18-33-66(62,67)6)54-43-60-63-61(44-54)73-64-55(69(51-28-16-11-17-29-51)36-21-20-35-68(69,73)8)41-52(65(3,4)5)42-57(64)70(63)56-32-31-50(48-25-14-10-15-26-48)40-58(56)71(60)53-30-22-27-49(39-53)47-23-12-9-13-24-47/h9-17,22-32,37-44H,18-21,33-36H2,1-8H3. The smallest absolute Gasteiger partial charge is 0.252 e. The molecule has 2 aliphatic carbocycles. The second-order valence-electron chi connectivity index (χ2n) is 24.6. The van der Waals surface area contributed by atoms with E-state index in [1.54, 1.807) is 5.56 Å². The van der Waals surface area contributed by atoms with Gasteiger partial charge in [-0.05, 0) is 167 Å². The largest absolute Gasteiger partial charge is 0.335 e. The van der Waals surface area contributed by atoms with Crippen LogP contribution in [-0.4, -0.2) is 17.8 Å². The van der Waals surface area contributed by atoms with Gasteiger partial charge < -0.3 is 14.7 Å². The first-order valence-corrected chi connectivity index (χ1v) is 27.5. The van der Waals surface area contributed by atoms with E-state index in [0.29, 0.717) is 0 Å². The van der Waals surface area contributed by atoms with Crippen molar-refractivity contribution < 1.29 is 0 Å². The van der Waals surface area contributed by atoms with Crippen molar-refractivity contribution in [1.82, 2.24) is 0 Å². The minimum Gasteiger partial charge on any atom is -0.335 e. The molecule has 4 aliphatic heterocycles. The number of nitrogens with zero attached hydrogens (tertiary/aromatic N) is 3. The highest BCUT2D eigenvalue weighted by Crippen LogP contribution is 2.67. The summed E-state index contributed by atoms with van der Waals surface area (Å²) in [7, 11) is 0. The minimum atomic E-state index is -0.230. The van der Waals surface area contributed by atoms with Gasteiger partial charge in [0.25, 0.3) is 6.71 Å². The van der Waals surface area contributed by atoms with Gasteiger partial charge in [-0.3, -0.25) is 0 Å². The van der Waals surface area contributed by atoms with Gasteiger partial charge in [-0.25, -0.2) is 0 Å². The maximum Gasteiger partial charge on any atom is 0.252 e. The Morgan fingerprint density at radius 2 is 1.11 bits per heavy atom. The molecule has 0 saturated heterocycles. The van der Waals surface area contributed by atoms with Gasteiger partial charge in [0.1, 0.15) is 0 Å². The normalized spacial score (nSPS) is 24.1. The van der Waals surface area contributed by atoms with E-state index in [1.165, 1.54) is 138 Å². The first-order valence-electron chi connectivity index (χ1n) is 27.5. The van der Waals surface area contributed by atoms with E-state index in [2.05, 4.69) is 240 Å². The van der Waals surface area contributed by atoms with Crippen molar-refractivity contribution in [3.05, 3.63) is 203 Å². The lowest BCUT2D eigenvalue weighted by Crippen LogP contribution is -2.65. The number of hydrogen-bond donors (Lipinski definition) is 0. The van der Waals surface area contributed by atoms with Crippen molar-refractivity contribution in [2.45, 2.75) is 134 Å². The second kappa shape index (κ2) is 15.6. The molecule has 0 bridgehead atoms. The fourth-order valence-corrected chi connectivity index (χ4v) is 16.2. The lowest BCUT2D eigenvalue weighted by atomic mass is 9.33. The summed E-state index contributed by atoms with van der Waals surface area (Å²) in [6, 6.07) is 66.3. The lowest BCUT2D eigenvalue weighted by molar-refractivity contribution is 0.194. The average Bonchev–Trinajstić information content (AvgIpc) is 3.77. The minimum absolute atomic E-state index is 0.00348. The molecule has 0 spiro atoms. The van der Waals surface area contributed by atoms with Crippen molar-refractivity contribution in [2.24, 2.45) is 0 Å². The van der Waals surface area contributed by atoms with Gasteiger partial charge in [0, 0.05) is 50.6 Å². The zero-order valence-electron chi connectivity index (χ0n) is 44.2. The molecule has 4 atom stereocenters. The highest BCUT2D eigenvalue weighted by Gasteiger charge is 2.65. The maximum atomic E-state index is 2.97. The van der Waals surface area contributed by atoms with Crippen LogP contribution in [0.5, 0.6) is 0 Å². The van der Waals surface area contributed by atoms with Gasteiger partial charge in [-0.2, -0.15) is 0 Å². The van der Waals surface area contributed by atoms with E-state index >= 15 is 0 Å². The quantitative estimate of drug-likeness (QED) is 0.159. The van der Waals surface area contributed by atoms with Crippen LogP contribution in [0.4, 0.5) is 39.8 Å². The summed E-state index contributed by atoms with van der Waals surface area (Å²) in [6.07, 6.45) is 9.51. The Kier molecular flexibility index (Phi) is 9.61. The lowest BCUT2D eigenvalue weighted by Gasteiger charge is -2.54. The molecular formula is C69H68BN3. The van der Waals surface area contributed by atoms with Crippen LogP contribution in [0.3, 0.4) is 0 Å². The van der Waals surface area contributed by atoms with Crippen LogP contribution in [0, 0.1) is 13.8 Å². The van der Waals surface area contributed by atoms with E-state index < -0.39 is 0 Å². The predicted octanol–water partition coefficient (Wildman–Crippen LogP) is 16.1. The van der Waals surface area contributed by atoms with Crippen LogP contribution >= 0.6 is 0 Å². The number of benzene rings is 8. The van der Waals surface area contributed by atoms with Gasteiger partial charge in [0.05, 0.1) is 11.1 Å². The molecule has 362 valence electrons. The molecule has 0 aromatic heterocycles. The van der Waals surface area contributed by atoms with Gasteiger partial charge in [0.2, 0.25) is 0 Å². The molecule has 73 heavy (non-hydrogen) atoms. The SMILES string of the molecule is Cc1cc(C)c2c(c1)N(c1cc3c4c(c1)N1c5c(cc(C(C)(C)C)cc5C5(c6ccccc6)CCCCC15C)B4c1ccc(-c4ccccc4)cc1N3c1cccc(-c3ccccc3)c1)C1(C)CCCCC21C. The summed E-state index contributed by atoms with van der Waals surface area (Å²) < 4.78 is 0. The third-order valence-electron chi connectivity index (χ3n) is 19.7. The molecule has 0 N–H and O–H groups in total. The zero-order chi connectivity index (χ0) is 49.8. The van der Waals surface area contributed by atoms with E-state index in [0.717, 1.165) is 19.3 Å². The molecule has 8 aromatic rings. The molecule has 0 amide bonds. The molecule has 3 nitrogen and oxygen atoms in total. The van der Waals surface area contributed by atoms with Crippen molar-refractivity contribution in [3.63, 3.8) is 0 Å². The highest BCUT2D eigenvalue weighted by atomic mass is 15.3. The van der Waals surface area contributed by atoms with Crippen LogP contribution in [0.2, 0.25) is 0 Å². The molecule has 4 heterocycles. The molecule has 6 aliphatic rings. The number of aryl methyl sites for hydroxylation is 2. The third-order valence-corrected chi connectivity index (χ3v) is 19.7. The Morgan fingerprint density at radius 1 is 0.479 bits per heavy atom. The van der Waals surface area contributed by atoms with Gasteiger partial charge in [-0.15, -0.1) is 0 Å². The van der Waals surface area contributed by atoms with Gasteiger partial charge >= 0.3 is 0 Å². The summed E-state index contributed by atoms with van der Waals surface area (Å²) in [5.41, 5.74) is 26.6. The monoisotopic (exact) mass is 950 g/mol. The Hall–Kier alpha value is -6.78. The molecule has 4 heteroatoms. The predicted molar refractivity (Wildman–Crippen MR) is 310 cm³/mol. The van der Waals surface area contributed by atoms with E-state index in [9.17, 15) is 0 Å². The maximum absolute atomic E-state index is 2.97. The molecule has 4 unspecified atom stereocenters. The number of rotatable bonds is 5. The van der Waals surface area contributed by atoms with Crippen molar-refractivity contribution in [2.75, 3.05) is 14.7 Å². The Balaban J connectivity index is 1.14. The van der Waals surface area contributed by atoms with Crippen LogP contribution in [0.25, 0.3) is 22.3 Å². The summed E-state index contributed by atoms with van der Waals surface area (Å²) in [6.45, 7) is 19.9. The summed E-state index contributed by atoms with van der Waals surface area (Å²) >= 11 is 0. The van der Waals surface area contributed by atoms with Crippen LogP contribution in [0.15, 0.2) is 170 Å². The fourth-order valence-electron chi connectivity index (χ4n) is 16.2. The van der Waals surface area contributed by atoms with E-state index in [-0.39, 0.29) is 34.0 Å². The number of anilines is 7. The first kappa shape index (κ1) is 44.9. The van der Waals surface area contributed by atoms with Crippen molar-refractivity contribution in [1.29, 1.82) is 0 Å². The second-order valence-corrected chi connectivity index (χ2v) is 24.6. The summed E-state index contributed by atoms with van der Waals surface area (Å²) in [4.78, 5) is 8.54. The third kappa shape index (κ3) is 6.01. The summed E-state index contributed by atoms with van der Waals surface area (Å²) in [5.74, 6) is 0. The van der Waals surface area contributed by atoms with Gasteiger partial charge in [-0.1, -0.05) is 187 Å². The molecule has 8 aromatic carbocycles. The van der Waals surface area contributed by atoms with Crippen molar-refractivity contribution in [3.8, 4) is 22.3 Å².